The number of piperazine rings is 1. The monoisotopic (exact) mass is 484 g/mol. The summed E-state index contributed by atoms with van der Waals surface area (Å²) in [7, 11) is 3.99. The second kappa shape index (κ2) is 5.82. The van der Waals surface area contributed by atoms with E-state index in [4.69, 9.17) is 4.74 Å². The Morgan fingerprint density at radius 1 is 0.968 bits per heavy atom. The summed E-state index contributed by atoms with van der Waals surface area (Å²) in [6.07, 6.45) is -2.18. The van der Waals surface area contributed by atoms with Crippen LogP contribution in [0.1, 0.15) is 19.3 Å². The second-order valence-corrected chi connectivity index (χ2v) is 13.7. The predicted octanol–water partition coefficient (Wildman–Crippen LogP) is -1.00. The average Bonchev–Trinajstić information content (AvgIpc) is 3.18. The molecule has 11 atom stereocenters. The molecule has 9 nitrogen and oxygen atoms in total. The van der Waals surface area contributed by atoms with Gasteiger partial charge in [-0.05, 0) is 0 Å². The molecule has 5 aliphatic heterocycles. The first-order valence-electron chi connectivity index (χ1n) is 10.4. The number of amides is 2. The SMILES string of the molecule is CO[C@@H]1[C@H](O)[C@@H]2[C@H]3C[C@@]4(S[C@@H]1C3=O)C(=O)N1[C@@H]3[C@@H](O)[C@@H]5CC(=O)[C@@H]3C[C@@]1(SS5)C(=O)N24. The number of aliphatic hydroxyl groups is 2. The summed E-state index contributed by atoms with van der Waals surface area (Å²) >= 11 is 1.11. The largest absolute Gasteiger partial charge is 0.390 e. The van der Waals surface area contributed by atoms with Gasteiger partial charge in [-0.25, -0.2) is 0 Å². The third kappa shape index (κ3) is 1.92. The van der Waals surface area contributed by atoms with E-state index in [-0.39, 0.29) is 47.9 Å². The maximum Gasteiger partial charge on any atom is 0.261 e. The highest BCUT2D eigenvalue weighted by Crippen LogP contribution is 2.68. The van der Waals surface area contributed by atoms with E-state index in [1.165, 1.54) is 38.5 Å². The lowest BCUT2D eigenvalue weighted by atomic mass is 9.78. The van der Waals surface area contributed by atoms with Gasteiger partial charge in [0.05, 0.1) is 28.7 Å². The fourth-order valence-electron chi connectivity index (χ4n) is 7.12. The molecule has 2 amide bonds. The van der Waals surface area contributed by atoms with Gasteiger partial charge >= 0.3 is 0 Å². The number of fused-ring (bicyclic) bond motifs is 3. The summed E-state index contributed by atoms with van der Waals surface area (Å²) in [5.74, 6) is -1.92. The Bertz CT molecular complexity index is 978. The van der Waals surface area contributed by atoms with Crippen LogP contribution in [0.25, 0.3) is 0 Å². The predicted molar refractivity (Wildman–Crippen MR) is 111 cm³/mol. The number of thioether (sulfide) groups is 1. The standard InChI is InChI=1S/C19H20N2O7S3/c1-28-14-13(25)10-6-4-18(29-15(14)11(6)23)16(26)21-9-5-3-19(21,17(27)20(10)18)31-30-8(12(9)24)2-7(5)22/h5-6,8-10,12-15,24-25H,2-4H2,1H3/t5-,6+,8-,9-,10-,12-,13+,14+,15+,18+,19+/m0/s1. The molecule has 31 heavy (non-hydrogen) atoms. The molecular formula is C19H20N2O7S3. The molecule has 0 aromatic carbocycles. The summed E-state index contributed by atoms with van der Waals surface area (Å²) in [5.41, 5.74) is 0. The maximum atomic E-state index is 14.2. The molecule has 6 bridgehead atoms. The van der Waals surface area contributed by atoms with Gasteiger partial charge in [-0.3, -0.25) is 19.2 Å². The Hall–Kier alpha value is -0.790. The van der Waals surface area contributed by atoms with Crippen LogP contribution in [0.15, 0.2) is 0 Å². The molecule has 1 spiro atoms. The van der Waals surface area contributed by atoms with Crippen LogP contribution in [0.3, 0.4) is 0 Å². The molecule has 12 heteroatoms. The molecule has 5 saturated heterocycles. The van der Waals surface area contributed by atoms with Gasteiger partial charge in [0.25, 0.3) is 11.8 Å². The lowest BCUT2D eigenvalue weighted by Crippen LogP contribution is -2.74. The number of rotatable bonds is 1. The van der Waals surface area contributed by atoms with Gasteiger partial charge in [-0.15, -0.1) is 11.8 Å². The normalized spacial score (nSPS) is 56.3. The summed E-state index contributed by atoms with van der Waals surface area (Å²) in [5, 5.41) is 21.0. The van der Waals surface area contributed by atoms with Crippen LogP contribution in [0.5, 0.6) is 0 Å². The molecule has 5 heterocycles. The smallest absolute Gasteiger partial charge is 0.261 e. The maximum absolute atomic E-state index is 14.2. The van der Waals surface area contributed by atoms with Crippen molar-refractivity contribution >= 4 is 56.7 Å². The first-order valence-corrected chi connectivity index (χ1v) is 13.5. The molecule has 0 aromatic heterocycles. The van der Waals surface area contributed by atoms with Crippen LogP contribution in [0.4, 0.5) is 0 Å². The minimum atomic E-state index is -1.30. The Balaban J connectivity index is 1.43. The van der Waals surface area contributed by atoms with E-state index >= 15 is 0 Å². The van der Waals surface area contributed by atoms with E-state index in [0.29, 0.717) is 0 Å². The molecular weight excluding hydrogens is 464 g/mol. The third-order valence-corrected chi connectivity index (χ3v) is 13.5. The number of carbonyl (C=O) groups excluding carboxylic acids is 4. The zero-order valence-electron chi connectivity index (χ0n) is 16.4. The van der Waals surface area contributed by atoms with Crippen molar-refractivity contribution in [1.82, 2.24) is 9.80 Å². The van der Waals surface area contributed by atoms with Crippen LogP contribution in [0, 0.1) is 11.8 Å². The van der Waals surface area contributed by atoms with Crippen molar-refractivity contribution in [2.45, 2.75) is 69.9 Å². The Morgan fingerprint density at radius 3 is 2.35 bits per heavy atom. The lowest BCUT2D eigenvalue weighted by Gasteiger charge is -2.53. The van der Waals surface area contributed by atoms with Crippen molar-refractivity contribution in [3.63, 3.8) is 0 Å². The molecule has 7 rings (SSSR count). The number of hydrogen-bond acceptors (Lipinski definition) is 10. The van der Waals surface area contributed by atoms with Crippen LogP contribution < -0.4 is 0 Å². The number of ketones is 2. The van der Waals surface area contributed by atoms with Crippen molar-refractivity contribution in [1.29, 1.82) is 0 Å². The molecule has 7 aliphatic rings. The highest BCUT2D eigenvalue weighted by atomic mass is 33.1. The molecule has 0 radical (unpaired) electrons. The van der Waals surface area contributed by atoms with Crippen LogP contribution >= 0.6 is 33.3 Å². The molecule has 0 unspecified atom stereocenters. The fraction of sp³-hybridized carbons (Fsp3) is 0.789. The first kappa shape index (κ1) is 19.7. The number of Topliss-reactive ketones (excluding diaryl/α,β-unsaturated/α-hetero) is 2. The van der Waals surface area contributed by atoms with E-state index in [1.807, 2.05) is 0 Å². The van der Waals surface area contributed by atoms with Gasteiger partial charge < -0.3 is 24.7 Å². The number of nitrogens with zero attached hydrogens (tertiary/aromatic N) is 2. The van der Waals surface area contributed by atoms with Gasteiger partial charge in [-0.1, -0.05) is 21.6 Å². The van der Waals surface area contributed by atoms with Gasteiger partial charge in [0, 0.05) is 38.2 Å². The molecule has 0 aromatic rings. The Kier molecular flexibility index (Phi) is 3.69. The molecule has 2 N–H and O–H groups in total. The van der Waals surface area contributed by atoms with E-state index in [0.717, 1.165) is 11.8 Å². The van der Waals surface area contributed by atoms with E-state index < -0.39 is 57.2 Å². The van der Waals surface area contributed by atoms with Gasteiger partial charge in [-0.2, -0.15) is 0 Å². The van der Waals surface area contributed by atoms with Crippen molar-refractivity contribution in [2.75, 3.05) is 7.11 Å². The Labute approximate surface area is 189 Å². The highest BCUT2D eigenvalue weighted by Gasteiger charge is 2.81. The third-order valence-electron chi connectivity index (χ3n) is 8.38. The van der Waals surface area contributed by atoms with E-state index in [1.54, 1.807) is 0 Å². The number of aliphatic hydroxyl groups excluding tert-OH is 2. The quantitative estimate of drug-likeness (QED) is 0.448. The fourth-order valence-corrected chi connectivity index (χ4v) is 12.6. The first-order chi connectivity index (χ1) is 14.8. The zero-order chi connectivity index (χ0) is 21.6. The number of carbonyl (C=O) groups is 4. The number of methoxy groups -OCH3 is 1. The summed E-state index contributed by atoms with van der Waals surface area (Å²) in [6, 6.07) is -1.54. The van der Waals surface area contributed by atoms with Crippen molar-refractivity contribution in [3.8, 4) is 0 Å². The van der Waals surface area contributed by atoms with Crippen LogP contribution in [0.2, 0.25) is 0 Å². The molecule has 2 aliphatic carbocycles. The Morgan fingerprint density at radius 2 is 1.61 bits per heavy atom. The topological polar surface area (TPSA) is 124 Å². The molecule has 166 valence electrons. The average molecular weight is 485 g/mol. The van der Waals surface area contributed by atoms with Crippen molar-refractivity contribution in [2.24, 2.45) is 11.8 Å². The van der Waals surface area contributed by atoms with E-state index in [9.17, 15) is 29.4 Å². The van der Waals surface area contributed by atoms with Gasteiger partial charge in [0.2, 0.25) is 0 Å². The zero-order valence-corrected chi connectivity index (χ0v) is 18.8. The summed E-state index contributed by atoms with van der Waals surface area (Å²) in [4.78, 5) is 54.7. The minimum absolute atomic E-state index is 0.00881. The van der Waals surface area contributed by atoms with Crippen molar-refractivity contribution < 1.29 is 34.1 Å². The lowest BCUT2D eigenvalue weighted by molar-refractivity contribution is -0.171. The van der Waals surface area contributed by atoms with Crippen LogP contribution in [-0.2, 0) is 23.9 Å². The van der Waals surface area contributed by atoms with Crippen molar-refractivity contribution in [3.05, 3.63) is 0 Å². The minimum Gasteiger partial charge on any atom is -0.390 e. The molecule has 2 saturated carbocycles. The number of ether oxygens (including phenoxy) is 1. The summed E-state index contributed by atoms with van der Waals surface area (Å²) in [6.45, 7) is 0. The van der Waals surface area contributed by atoms with Crippen LogP contribution in [-0.4, -0.2) is 101 Å². The van der Waals surface area contributed by atoms with E-state index in [2.05, 4.69) is 0 Å². The molecule has 7 fully saturated rings. The number of hydrogen-bond donors (Lipinski definition) is 2. The van der Waals surface area contributed by atoms with Gasteiger partial charge in [0.1, 0.15) is 18.0 Å². The van der Waals surface area contributed by atoms with Gasteiger partial charge in [0.15, 0.2) is 15.5 Å². The second-order valence-electron chi connectivity index (χ2n) is 9.53. The highest BCUT2D eigenvalue weighted by molar-refractivity contribution is 8.77. The summed E-state index contributed by atoms with van der Waals surface area (Å²) < 4.78 is 5.45.